The minimum atomic E-state index is 0.0225. The monoisotopic (exact) mass is 375 g/mol. The number of aromatic nitrogens is 1. The SMILES string of the molecule is Cc1ccc(C(=O)N2CCN(C(=O)c3cccc4c(C)c(C)[nH]c34)CC2)cc1. The molecule has 1 aliphatic rings. The molecule has 1 aliphatic heterocycles. The number of para-hydroxylation sites is 1. The second-order valence-electron chi connectivity index (χ2n) is 7.55. The Kier molecular flexibility index (Phi) is 4.67. The van der Waals surface area contributed by atoms with Gasteiger partial charge in [0.15, 0.2) is 0 Å². The van der Waals surface area contributed by atoms with Gasteiger partial charge < -0.3 is 14.8 Å². The lowest BCUT2D eigenvalue weighted by Crippen LogP contribution is -2.50. The molecule has 0 atom stereocenters. The fraction of sp³-hybridized carbons (Fsp3) is 0.304. The van der Waals surface area contributed by atoms with Crippen molar-refractivity contribution in [3.05, 3.63) is 70.4 Å². The van der Waals surface area contributed by atoms with Gasteiger partial charge in [-0.2, -0.15) is 0 Å². The van der Waals surface area contributed by atoms with Crippen LogP contribution in [0.5, 0.6) is 0 Å². The summed E-state index contributed by atoms with van der Waals surface area (Å²) in [6.45, 7) is 8.30. The second-order valence-corrected chi connectivity index (χ2v) is 7.55. The minimum absolute atomic E-state index is 0.0225. The molecule has 144 valence electrons. The molecule has 1 aromatic heterocycles. The van der Waals surface area contributed by atoms with E-state index in [1.807, 2.05) is 66.1 Å². The number of benzene rings is 2. The van der Waals surface area contributed by atoms with E-state index in [0.29, 0.717) is 37.3 Å². The molecule has 5 nitrogen and oxygen atoms in total. The van der Waals surface area contributed by atoms with Crippen LogP contribution in [0.2, 0.25) is 0 Å². The molecular formula is C23H25N3O2. The zero-order chi connectivity index (χ0) is 19.8. The van der Waals surface area contributed by atoms with E-state index in [1.165, 1.54) is 5.56 Å². The summed E-state index contributed by atoms with van der Waals surface area (Å²) in [5.74, 6) is 0.0547. The number of carbonyl (C=O) groups is 2. The van der Waals surface area contributed by atoms with Gasteiger partial charge >= 0.3 is 0 Å². The van der Waals surface area contributed by atoms with Crippen LogP contribution in [0.1, 0.15) is 37.5 Å². The number of fused-ring (bicyclic) bond motifs is 1. The lowest BCUT2D eigenvalue weighted by Gasteiger charge is -2.35. The number of carbonyl (C=O) groups excluding carboxylic acids is 2. The first-order chi connectivity index (χ1) is 13.5. The predicted octanol–water partition coefficient (Wildman–Crippen LogP) is 3.69. The summed E-state index contributed by atoms with van der Waals surface area (Å²) < 4.78 is 0. The van der Waals surface area contributed by atoms with Crippen LogP contribution >= 0.6 is 0 Å². The first-order valence-corrected chi connectivity index (χ1v) is 9.69. The topological polar surface area (TPSA) is 56.4 Å². The van der Waals surface area contributed by atoms with Crippen LogP contribution in [-0.4, -0.2) is 52.8 Å². The maximum absolute atomic E-state index is 13.1. The molecule has 0 radical (unpaired) electrons. The summed E-state index contributed by atoms with van der Waals surface area (Å²) in [6.07, 6.45) is 0. The number of nitrogens with zero attached hydrogens (tertiary/aromatic N) is 2. The smallest absolute Gasteiger partial charge is 0.256 e. The fourth-order valence-corrected chi connectivity index (χ4v) is 3.82. The number of hydrogen-bond donors (Lipinski definition) is 1. The summed E-state index contributed by atoms with van der Waals surface area (Å²) in [5, 5.41) is 1.09. The Balaban J connectivity index is 1.48. The molecule has 3 aromatic rings. The van der Waals surface area contributed by atoms with Gasteiger partial charge in [0.2, 0.25) is 0 Å². The summed E-state index contributed by atoms with van der Waals surface area (Å²) >= 11 is 0. The van der Waals surface area contributed by atoms with E-state index < -0.39 is 0 Å². The number of aromatic amines is 1. The third kappa shape index (κ3) is 3.17. The van der Waals surface area contributed by atoms with E-state index in [0.717, 1.165) is 22.2 Å². The molecule has 0 bridgehead atoms. The molecule has 5 heteroatoms. The van der Waals surface area contributed by atoms with Crippen molar-refractivity contribution < 1.29 is 9.59 Å². The molecule has 2 amide bonds. The molecule has 0 aliphatic carbocycles. The Morgan fingerprint density at radius 1 is 0.821 bits per heavy atom. The normalized spacial score (nSPS) is 14.5. The van der Waals surface area contributed by atoms with Gasteiger partial charge in [-0.25, -0.2) is 0 Å². The molecule has 1 N–H and O–H groups in total. The van der Waals surface area contributed by atoms with Gasteiger partial charge in [0, 0.05) is 42.8 Å². The highest BCUT2D eigenvalue weighted by Crippen LogP contribution is 2.25. The van der Waals surface area contributed by atoms with E-state index in [1.54, 1.807) is 0 Å². The molecule has 0 saturated carbocycles. The van der Waals surface area contributed by atoms with Crippen molar-refractivity contribution in [3.63, 3.8) is 0 Å². The lowest BCUT2D eigenvalue weighted by atomic mass is 10.1. The van der Waals surface area contributed by atoms with Crippen LogP contribution in [0.15, 0.2) is 42.5 Å². The Bertz CT molecular complexity index is 1040. The summed E-state index contributed by atoms with van der Waals surface area (Å²) in [5.41, 5.74) is 5.71. The third-order valence-corrected chi connectivity index (χ3v) is 5.73. The molecular weight excluding hydrogens is 350 g/mol. The van der Waals surface area contributed by atoms with E-state index in [9.17, 15) is 9.59 Å². The third-order valence-electron chi connectivity index (χ3n) is 5.73. The highest BCUT2D eigenvalue weighted by molar-refractivity contribution is 6.06. The van der Waals surface area contributed by atoms with E-state index in [-0.39, 0.29) is 11.8 Å². The summed E-state index contributed by atoms with van der Waals surface area (Å²) in [7, 11) is 0. The molecule has 0 spiro atoms. The minimum Gasteiger partial charge on any atom is -0.358 e. The van der Waals surface area contributed by atoms with Crippen LogP contribution in [0.3, 0.4) is 0 Å². The predicted molar refractivity (Wildman–Crippen MR) is 111 cm³/mol. The standard InChI is InChI=1S/C23H25N3O2/c1-15-7-9-18(10-8-15)22(27)25-11-13-26(14-12-25)23(28)20-6-4-5-19-16(2)17(3)24-21(19)20/h4-10,24H,11-14H2,1-3H3. The number of aryl methyl sites for hydroxylation is 3. The largest absolute Gasteiger partial charge is 0.358 e. The molecule has 28 heavy (non-hydrogen) atoms. The van der Waals surface area contributed by atoms with E-state index in [4.69, 9.17) is 0 Å². The van der Waals surface area contributed by atoms with E-state index in [2.05, 4.69) is 11.9 Å². The fourth-order valence-electron chi connectivity index (χ4n) is 3.82. The Morgan fingerprint density at radius 2 is 1.43 bits per heavy atom. The molecule has 0 unspecified atom stereocenters. The van der Waals surface area contributed by atoms with Crippen LogP contribution in [0.25, 0.3) is 10.9 Å². The molecule has 2 aromatic carbocycles. The van der Waals surface area contributed by atoms with Gasteiger partial charge in [-0.05, 0) is 44.5 Å². The maximum atomic E-state index is 13.1. The number of piperazine rings is 1. The van der Waals surface area contributed by atoms with Gasteiger partial charge in [-0.1, -0.05) is 29.8 Å². The van der Waals surface area contributed by atoms with Gasteiger partial charge in [0.25, 0.3) is 11.8 Å². The van der Waals surface area contributed by atoms with Crippen LogP contribution in [-0.2, 0) is 0 Å². The quantitative estimate of drug-likeness (QED) is 0.743. The van der Waals surface area contributed by atoms with Gasteiger partial charge in [-0.15, -0.1) is 0 Å². The van der Waals surface area contributed by atoms with Crippen LogP contribution < -0.4 is 0 Å². The zero-order valence-corrected chi connectivity index (χ0v) is 16.6. The van der Waals surface area contributed by atoms with Gasteiger partial charge in [-0.3, -0.25) is 9.59 Å². The highest BCUT2D eigenvalue weighted by atomic mass is 16.2. The molecule has 4 rings (SSSR count). The first-order valence-electron chi connectivity index (χ1n) is 9.69. The number of amides is 2. The second kappa shape index (κ2) is 7.15. The lowest BCUT2D eigenvalue weighted by molar-refractivity contribution is 0.0536. The van der Waals surface area contributed by atoms with Crippen molar-refractivity contribution in [2.24, 2.45) is 0 Å². The average molecular weight is 375 g/mol. The van der Waals surface area contributed by atoms with Crippen molar-refractivity contribution in [2.45, 2.75) is 20.8 Å². The number of H-pyrrole nitrogens is 1. The maximum Gasteiger partial charge on any atom is 0.256 e. The Morgan fingerprint density at radius 3 is 2.07 bits per heavy atom. The number of nitrogens with one attached hydrogen (secondary N) is 1. The molecule has 1 saturated heterocycles. The molecule has 1 fully saturated rings. The van der Waals surface area contributed by atoms with Crippen molar-refractivity contribution in [2.75, 3.05) is 26.2 Å². The van der Waals surface area contributed by atoms with Crippen LogP contribution in [0, 0.1) is 20.8 Å². The average Bonchev–Trinajstić information content (AvgIpc) is 3.02. The summed E-state index contributed by atoms with van der Waals surface area (Å²) in [6, 6.07) is 13.5. The van der Waals surface area contributed by atoms with Crippen molar-refractivity contribution in [1.82, 2.24) is 14.8 Å². The van der Waals surface area contributed by atoms with Gasteiger partial charge in [0.05, 0.1) is 11.1 Å². The molecule has 2 heterocycles. The van der Waals surface area contributed by atoms with Crippen LogP contribution in [0.4, 0.5) is 0 Å². The Labute approximate surface area is 165 Å². The summed E-state index contributed by atoms with van der Waals surface area (Å²) in [4.78, 5) is 32.8. The first kappa shape index (κ1) is 18.3. The number of rotatable bonds is 2. The number of hydrogen-bond acceptors (Lipinski definition) is 2. The van der Waals surface area contributed by atoms with Crippen molar-refractivity contribution in [1.29, 1.82) is 0 Å². The van der Waals surface area contributed by atoms with Crippen molar-refractivity contribution in [3.8, 4) is 0 Å². The van der Waals surface area contributed by atoms with E-state index >= 15 is 0 Å². The Hall–Kier alpha value is -3.08. The highest BCUT2D eigenvalue weighted by Gasteiger charge is 2.26. The zero-order valence-electron chi connectivity index (χ0n) is 16.6. The van der Waals surface area contributed by atoms with Crippen molar-refractivity contribution >= 4 is 22.7 Å². The van der Waals surface area contributed by atoms with Gasteiger partial charge in [0.1, 0.15) is 0 Å².